The number of hydrogen-bond donors (Lipinski definition) is 0. The molecule has 0 amide bonds. The van der Waals surface area contributed by atoms with Gasteiger partial charge in [-0.2, -0.15) is 0 Å². The number of hydrogen-bond acceptors (Lipinski definition) is 1. The zero-order valence-electron chi connectivity index (χ0n) is 10.2. The molecule has 0 aromatic heterocycles. The lowest BCUT2D eigenvalue weighted by Gasteiger charge is -2.30. The van der Waals surface area contributed by atoms with Gasteiger partial charge in [-0.25, -0.2) is 0 Å². The molecular formula is C14H16Cl3N. The second-order valence-corrected chi connectivity index (χ2v) is 5.80. The fourth-order valence-corrected chi connectivity index (χ4v) is 3.25. The molecule has 1 fully saturated rings. The highest BCUT2D eigenvalue weighted by Gasteiger charge is 2.33. The molecule has 0 radical (unpaired) electrons. The molecule has 98 valence electrons. The van der Waals surface area contributed by atoms with Gasteiger partial charge in [0.1, 0.15) is 0 Å². The Kier molecular flexibility index (Phi) is 4.28. The van der Waals surface area contributed by atoms with E-state index in [2.05, 4.69) is 24.1 Å². The first kappa shape index (κ1) is 14.2. The highest BCUT2D eigenvalue weighted by atomic mass is 35.5. The molecule has 2 bridgehead atoms. The molecule has 2 aliphatic rings. The van der Waals surface area contributed by atoms with E-state index in [0.717, 1.165) is 6.42 Å². The van der Waals surface area contributed by atoms with Gasteiger partial charge < -0.3 is 0 Å². The molecule has 18 heavy (non-hydrogen) atoms. The maximum Gasteiger partial charge on any atom is 0.0598 e. The summed E-state index contributed by atoms with van der Waals surface area (Å²) in [5.74, 6) is 0. The van der Waals surface area contributed by atoms with Gasteiger partial charge in [-0.1, -0.05) is 35.3 Å². The third kappa shape index (κ3) is 2.42. The Balaban J connectivity index is 0.00000120. The highest BCUT2D eigenvalue weighted by molar-refractivity contribution is 6.42. The van der Waals surface area contributed by atoms with Crippen molar-refractivity contribution >= 4 is 41.2 Å². The second-order valence-electron chi connectivity index (χ2n) is 4.99. The van der Waals surface area contributed by atoms with Crippen LogP contribution in [0, 0.1) is 0 Å². The van der Waals surface area contributed by atoms with Crippen molar-refractivity contribution < 1.29 is 0 Å². The van der Waals surface area contributed by atoms with Gasteiger partial charge in [0.2, 0.25) is 0 Å². The van der Waals surface area contributed by atoms with Crippen LogP contribution < -0.4 is 0 Å². The molecule has 0 spiro atoms. The Labute approximate surface area is 124 Å². The Morgan fingerprint density at radius 1 is 1.17 bits per heavy atom. The normalized spacial score (nSPS) is 26.7. The quantitative estimate of drug-likeness (QED) is 0.729. The summed E-state index contributed by atoms with van der Waals surface area (Å²) in [6.45, 7) is 0. The second kappa shape index (κ2) is 5.42. The molecule has 1 aromatic rings. The van der Waals surface area contributed by atoms with E-state index in [1.807, 2.05) is 12.1 Å². The molecule has 2 heterocycles. The van der Waals surface area contributed by atoms with E-state index in [0.29, 0.717) is 22.1 Å². The van der Waals surface area contributed by atoms with E-state index in [1.54, 1.807) is 0 Å². The summed E-state index contributed by atoms with van der Waals surface area (Å²) >= 11 is 12.0. The Hall–Kier alpha value is -0.210. The smallest absolute Gasteiger partial charge is 0.0598 e. The van der Waals surface area contributed by atoms with Crippen molar-refractivity contribution in [2.24, 2.45) is 0 Å². The summed E-state index contributed by atoms with van der Waals surface area (Å²) in [5, 5.41) is 1.28. The van der Waals surface area contributed by atoms with Crippen molar-refractivity contribution in [3.8, 4) is 0 Å². The van der Waals surface area contributed by atoms with Crippen LogP contribution in [0.4, 0.5) is 0 Å². The third-order valence-corrected chi connectivity index (χ3v) is 4.77. The van der Waals surface area contributed by atoms with Gasteiger partial charge in [0.25, 0.3) is 0 Å². The van der Waals surface area contributed by atoms with Gasteiger partial charge >= 0.3 is 0 Å². The predicted molar refractivity (Wildman–Crippen MR) is 80.9 cm³/mol. The minimum Gasteiger partial charge on any atom is -0.297 e. The molecule has 4 heteroatoms. The molecule has 0 saturated carbocycles. The summed E-state index contributed by atoms with van der Waals surface area (Å²) < 4.78 is 0. The van der Waals surface area contributed by atoms with Gasteiger partial charge in [-0.3, -0.25) is 4.90 Å². The molecule has 1 aromatic carbocycles. The van der Waals surface area contributed by atoms with Crippen LogP contribution in [0.25, 0.3) is 5.57 Å². The Morgan fingerprint density at radius 2 is 1.94 bits per heavy atom. The van der Waals surface area contributed by atoms with Crippen molar-refractivity contribution in [2.45, 2.75) is 31.3 Å². The number of halogens is 3. The minimum absolute atomic E-state index is 0. The molecule has 1 nitrogen and oxygen atoms in total. The molecule has 0 aliphatic carbocycles. The van der Waals surface area contributed by atoms with Crippen molar-refractivity contribution in [3.05, 3.63) is 39.9 Å². The summed E-state index contributed by atoms with van der Waals surface area (Å²) in [5.41, 5.74) is 2.65. The van der Waals surface area contributed by atoms with Crippen molar-refractivity contribution in [1.29, 1.82) is 0 Å². The van der Waals surface area contributed by atoms with Gasteiger partial charge in [-0.15, -0.1) is 12.4 Å². The number of rotatable bonds is 1. The van der Waals surface area contributed by atoms with Crippen LogP contribution in [0.1, 0.15) is 24.8 Å². The first-order valence-corrected chi connectivity index (χ1v) is 6.79. The molecule has 1 saturated heterocycles. The number of benzene rings is 1. The SMILES string of the molecule is CN1C2C=C(c3ccc(Cl)c(Cl)c3)CC1CC2.Cl. The van der Waals surface area contributed by atoms with Crippen LogP contribution in [-0.4, -0.2) is 24.0 Å². The molecule has 0 N–H and O–H groups in total. The number of nitrogens with zero attached hydrogens (tertiary/aromatic N) is 1. The van der Waals surface area contributed by atoms with E-state index >= 15 is 0 Å². The minimum atomic E-state index is 0. The van der Waals surface area contributed by atoms with Gasteiger partial charge in [0.05, 0.1) is 10.0 Å². The summed E-state index contributed by atoms with van der Waals surface area (Å²) in [6, 6.07) is 7.26. The average molecular weight is 305 g/mol. The van der Waals surface area contributed by atoms with Crippen LogP contribution in [0.2, 0.25) is 10.0 Å². The lowest BCUT2D eigenvalue weighted by Crippen LogP contribution is -2.34. The Bertz CT molecular complexity index is 484. The monoisotopic (exact) mass is 303 g/mol. The van der Waals surface area contributed by atoms with Gasteiger partial charge in [0, 0.05) is 12.1 Å². The van der Waals surface area contributed by atoms with Crippen molar-refractivity contribution in [2.75, 3.05) is 7.05 Å². The summed E-state index contributed by atoms with van der Waals surface area (Å²) in [7, 11) is 2.23. The third-order valence-electron chi connectivity index (χ3n) is 4.03. The lowest BCUT2D eigenvalue weighted by molar-refractivity contribution is 0.264. The first-order valence-electron chi connectivity index (χ1n) is 6.03. The maximum atomic E-state index is 6.08. The van der Waals surface area contributed by atoms with Crippen molar-refractivity contribution in [1.82, 2.24) is 4.90 Å². The molecule has 2 aliphatic heterocycles. The van der Waals surface area contributed by atoms with Crippen LogP contribution in [0.15, 0.2) is 24.3 Å². The highest BCUT2D eigenvalue weighted by Crippen LogP contribution is 2.38. The van der Waals surface area contributed by atoms with Crippen molar-refractivity contribution in [3.63, 3.8) is 0 Å². The lowest BCUT2D eigenvalue weighted by atomic mass is 9.95. The summed E-state index contributed by atoms with van der Waals surface area (Å²) in [6.07, 6.45) is 6.11. The van der Waals surface area contributed by atoms with Crippen LogP contribution >= 0.6 is 35.6 Å². The maximum absolute atomic E-state index is 6.08. The van der Waals surface area contributed by atoms with Gasteiger partial charge in [-0.05, 0) is 49.6 Å². The number of fused-ring (bicyclic) bond motifs is 2. The van der Waals surface area contributed by atoms with E-state index in [9.17, 15) is 0 Å². The fraction of sp³-hybridized carbons (Fsp3) is 0.429. The van der Waals surface area contributed by atoms with E-state index in [-0.39, 0.29) is 12.4 Å². The van der Waals surface area contributed by atoms with Crippen LogP contribution in [0.5, 0.6) is 0 Å². The Morgan fingerprint density at radius 3 is 2.61 bits per heavy atom. The summed E-state index contributed by atoms with van der Waals surface area (Å²) in [4.78, 5) is 2.49. The standard InChI is InChI=1S/C14H15Cl2N.ClH/c1-17-11-3-4-12(17)7-10(6-11)9-2-5-13(15)14(16)8-9;/h2,5-6,8,11-12H,3-4,7H2,1H3;1H. The molecule has 3 rings (SSSR count). The van der Waals surface area contributed by atoms with Crippen LogP contribution in [-0.2, 0) is 0 Å². The van der Waals surface area contributed by atoms with E-state index < -0.39 is 0 Å². The fourth-order valence-electron chi connectivity index (χ4n) is 2.95. The van der Waals surface area contributed by atoms with E-state index in [4.69, 9.17) is 23.2 Å². The largest absolute Gasteiger partial charge is 0.297 e. The van der Waals surface area contributed by atoms with Gasteiger partial charge in [0.15, 0.2) is 0 Å². The molecule has 2 unspecified atom stereocenters. The topological polar surface area (TPSA) is 3.24 Å². The zero-order valence-corrected chi connectivity index (χ0v) is 12.5. The average Bonchev–Trinajstić information content (AvgIpc) is 2.55. The van der Waals surface area contributed by atoms with E-state index in [1.165, 1.54) is 24.0 Å². The molecular weight excluding hydrogens is 289 g/mol. The predicted octanol–water partition coefficient (Wildman–Crippen LogP) is 4.67. The van der Waals surface area contributed by atoms with Crippen LogP contribution in [0.3, 0.4) is 0 Å². The first-order chi connectivity index (χ1) is 8.15. The molecule has 2 atom stereocenters. The zero-order chi connectivity index (χ0) is 12.0. The number of likely N-dealkylation sites (N-methyl/N-ethyl adjacent to an activating group) is 1.